The summed E-state index contributed by atoms with van der Waals surface area (Å²) in [5.74, 6) is 0. The highest BCUT2D eigenvalue weighted by Gasteiger charge is 2.21. The Morgan fingerprint density at radius 2 is 1.79 bits per heavy atom. The summed E-state index contributed by atoms with van der Waals surface area (Å²) in [5, 5.41) is 9.43. The number of nitrogens with two attached hydrogens (primary N) is 1. The molecule has 29 heavy (non-hydrogen) atoms. The van der Waals surface area contributed by atoms with Gasteiger partial charge in [-0.25, -0.2) is 10.2 Å². The lowest BCUT2D eigenvalue weighted by Gasteiger charge is -2.13. The number of rotatable bonds is 4. The summed E-state index contributed by atoms with van der Waals surface area (Å²) in [5.41, 5.74) is 9.87. The Bertz CT molecular complexity index is 1310. The molecule has 0 fully saturated rings. The summed E-state index contributed by atoms with van der Waals surface area (Å²) in [4.78, 5) is 29.3. The van der Waals surface area contributed by atoms with E-state index in [9.17, 15) is 14.9 Å². The molecule has 0 saturated heterocycles. The van der Waals surface area contributed by atoms with Crippen molar-refractivity contribution in [2.75, 3.05) is 5.73 Å². The first-order chi connectivity index (χ1) is 14.0. The number of aromatic nitrogens is 2. The third kappa shape index (κ3) is 3.34. The maximum Gasteiger partial charge on any atom is 0.321 e. The Labute approximate surface area is 166 Å². The largest absolute Gasteiger partial charge is 0.398 e. The number of aryl methyl sites for hydroxylation is 1. The molecule has 3 N–H and O–H groups in total. The highest BCUT2D eigenvalue weighted by atomic mass is 16.6. The van der Waals surface area contributed by atoms with E-state index in [4.69, 9.17) is 5.73 Å². The lowest BCUT2D eigenvalue weighted by Crippen LogP contribution is -2.25. The van der Waals surface area contributed by atoms with Crippen molar-refractivity contribution in [3.05, 3.63) is 93.1 Å². The van der Waals surface area contributed by atoms with Crippen LogP contribution >= 0.6 is 0 Å². The molecule has 0 radical (unpaired) electrons. The SMILES string of the molecule is Cc1ccc(N)c(-c2nc3ccccc3n(Cc3ccccc3[N+](=O)O)c2=O)c1. The number of para-hydroxylation sites is 3. The van der Waals surface area contributed by atoms with Crippen molar-refractivity contribution in [2.45, 2.75) is 13.5 Å². The molecule has 1 heterocycles. The molecule has 0 aliphatic carbocycles. The third-order valence-corrected chi connectivity index (χ3v) is 4.84. The fourth-order valence-corrected chi connectivity index (χ4v) is 3.40. The van der Waals surface area contributed by atoms with Crippen LogP contribution in [0.25, 0.3) is 22.3 Å². The van der Waals surface area contributed by atoms with Crippen LogP contribution in [-0.2, 0) is 6.54 Å². The minimum Gasteiger partial charge on any atom is -0.398 e. The van der Waals surface area contributed by atoms with Crippen molar-refractivity contribution < 1.29 is 10.1 Å². The molecule has 0 aliphatic rings. The van der Waals surface area contributed by atoms with E-state index in [1.54, 1.807) is 34.9 Å². The van der Waals surface area contributed by atoms with Crippen LogP contribution in [-0.4, -0.2) is 19.7 Å². The molecule has 4 rings (SSSR count). The fourth-order valence-electron chi connectivity index (χ4n) is 3.40. The summed E-state index contributed by atoms with van der Waals surface area (Å²) in [6.45, 7) is 2.01. The minimum atomic E-state index is -0.328. The molecule has 0 atom stereocenters. The minimum absolute atomic E-state index is 0.0805. The summed E-state index contributed by atoms with van der Waals surface area (Å²) in [6.07, 6.45) is 0. The predicted molar refractivity (Wildman–Crippen MR) is 111 cm³/mol. The Morgan fingerprint density at radius 3 is 2.59 bits per heavy atom. The molecule has 3 aromatic carbocycles. The van der Waals surface area contributed by atoms with Gasteiger partial charge < -0.3 is 10.3 Å². The van der Waals surface area contributed by atoms with Crippen molar-refractivity contribution >= 4 is 22.4 Å². The first-order valence-electron chi connectivity index (χ1n) is 9.06. The van der Waals surface area contributed by atoms with Crippen LogP contribution in [0.5, 0.6) is 0 Å². The molecule has 0 unspecified atom stereocenters. The smallest absolute Gasteiger partial charge is 0.321 e. The lowest BCUT2D eigenvalue weighted by atomic mass is 10.1. The first kappa shape index (κ1) is 18.4. The Balaban J connectivity index is 1.99. The van der Waals surface area contributed by atoms with Crippen LogP contribution in [0.1, 0.15) is 11.1 Å². The van der Waals surface area contributed by atoms with Gasteiger partial charge in [-0.1, -0.05) is 42.0 Å². The van der Waals surface area contributed by atoms with E-state index in [-0.39, 0.29) is 28.4 Å². The number of nitrogens with zero attached hydrogens (tertiary/aromatic N) is 3. The van der Waals surface area contributed by atoms with Crippen LogP contribution in [0.15, 0.2) is 71.5 Å². The number of anilines is 1. The quantitative estimate of drug-likeness (QED) is 0.410. The molecular formula is C22H19N4O3+. The summed E-state index contributed by atoms with van der Waals surface area (Å²) in [7, 11) is 0. The van der Waals surface area contributed by atoms with Crippen LogP contribution in [0, 0.1) is 11.8 Å². The third-order valence-electron chi connectivity index (χ3n) is 4.84. The molecule has 0 aliphatic heterocycles. The highest BCUT2D eigenvalue weighted by molar-refractivity contribution is 5.81. The molecule has 0 spiro atoms. The van der Waals surface area contributed by atoms with Gasteiger partial charge >= 0.3 is 5.69 Å². The van der Waals surface area contributed by atoms with Crippen molar-refractivity contribution in [2.24, 2.45) is 0 Å². The molecule has 4 aromatic rings. The van der Waals surface area contributed by atoms with Crippen molar-refractivity contribution in [3.8, 4) is 11.3 Å². The number of fused-ring (bicyclic) bond motifs is 1. The highest BCUT2D eigenvalue weighted by Crippen LogP contribution is 2.26. The molecule has 7 heteroatoms. The van der Waals surface area contributed by atoms with E-state index < -0.39 is 0 Å². The zero-order valence-corrected chi connectivity index (χ0v) is 15.7. The number of hydrogen-bond donors (Lipinski definition) is 2. The van der Waals surface area contributed by atoms with E-state index in [0.29, 0.717) is 27.8 Å². The molecule has 0 amide bonds. The standard InChI is InChI=1S/C22H19N4O3/c1-14-10-11-17(23)16(12-14)21-22(27)25(20-9-5-3-7-18(20)24-21)13-15-6-2-4-8-19(15)26(28)29/h2-12H,13,23H2,1H3,(H,28,29)/q+1. The van der Waals surface area contributed by atoms with E-state index >= 15 is 0 Å². The molecule has 0 saturated carbocycles. The van der Waals surface area contributed by atoms with E-state index in [0.717, 1.165) is 5.56 Å². The predicted octanol–water partition coefficient (Wildman–Crippen LogP) is 3.80. The van der Waals surface area contributed by atoms with Crippen LogP contribution in [0.2, 0.25) is 0 Å². The van der Waals surface area contributed by atoms with Gasteiger partial charge in [0.25, 0.3) is 10.5 Å². The average Bonchev–Trinajstić information content (AvgIpc) is 2.72. The Morgan fingerprint density at radius 1 is 1.07 bits per heavy atom. The molecule has 0 bridgehead atoms. The zero-order chi connectivity index (χ0) is 20.5. The number of benzene rings is 3. The van der Waals surface area contributed by atoms with Crippen LogP contribution in [0.4, 0.5) is 11.4 Å². The second-order valence-electron chi connectivity index (χ2n) is 6.83. The molecular weight excluding hydrogens is 368 g/mol. The van der Waals surface area contributed by atoms with E-state index in [1.807, 2.05) is 37.3 Å². The van der Waals surface area contributed by atoms with Gasteiger partial charge in [0, 0.05) is 17.3 Å². The average molecular weight is 387 g/mol. The maximum absolute atomic E-state index is 13.4. The lowest BCUT2D eigenvalue weighted by molar-refractivity contribution is -0.730. The van der Waals surface area contributed by atoms with Gasteiger partial charge in [-0.05, 0) is 31.2 Å². The zero-order valence-electron chi connectivity index (χ0n) is 15.7. The number of nitrogen functional groups attached to an aromatic ring is 1. The Hall–Kier alpha value is -4.00. The maximum atomic E-state index is 13.4. The van der Waals surface area contributed by atoms with Crippen LogP contribution in [0.3, 0.4) is 0 Å². The van der Waals surface area contributed by atoms with Gasteiger partial charge in [0.2, 0.25) is 0 Å². The van der Waals surface area contributed by atoms with E-state index in [1.165, 1.54) is 6.07 Å². The van der Waals surface area contributed by atoms with E-state index in [2.05, 4.69) is 4.98 Å². The van der Waals surface area contributed by atoms with Gasteiger partial charge in [-0.3, -0.25) is 4.79 Å². The fraction of sp³-hybridized carbons (Fsp3) is 0.0909. The van der Waals surface area contributed by atoms with Crippen LogP contribution < -0.4 is 11.3 Å². The normalized spacial score (nSPS) is 10.9. The van der Waals surface area contributed by atoms with Gasteiger partial charge in [0.05, 0.1) is 28.0 Å². The second-order valence-corrected chi connectivity index (χ2v) is 6.83. The number of hydrogen-bond acceptors (Lipinski definition) is 4. The van der Waals surface area contributed by atoms with Crippen molar-refractivity contribution in [1.82, 2.24) is 9.55 Å². The second kappa shape index (κ2) is 7.20. The molecule has 1 aromatic heterocycles. The van der Waals surface area contributed by atoms with Gasteiger partial charge in [0.1, 0.15) is 5.69 Å². The van der Waals surface area contributed by atoms with Crippen molar-refractivity contribution in [3.63, 3.8) is 0 Å². The molecule has 7 nitrogen and oxygen atoms in total. The monoisotopic (exact) mass is 387 g/mol. The summed E-state index contributed by atoms with van der Waals surface area (Å²) >= 11 is 0. The molecule has 144 valence electrons. The van der Waals surface area contributed by atoms with Crippen molar-refractivity contribution in [1.29, 1.82) is 0 Å². The van der Waals surface area contributed by atoms with Gasteiger partial charge in [-0.15, -0.1) is 0 Å². The topological polar surface area (TPSA) is 101 Å². The summed E-state index contributed by atoms with van der Waals surface area (Å²) < 4.78 is 1.54. The van der Waals surface area contributed by atoms with Gasteiger partial charge in [-0.2, -0.15) is 0 Å². The van der Waals surface area contributed by atoms with Gasteiger partial charge in [0.15, 0.2) is 0 Å². The first-order valence-corrected chi connectivity index (χ1v) is 9.06. The Kier molecular flexibility index (Phi) is 4.56. The summed E-state index contributed by atoms with van der Waals surface area (Å²) in [6, 6.07) is 19.3.